The molecule has 0 amide bonds. The minimum atomic E-state index is -3.36. The SMILES string of the molecule is CS(=O)(=O)CC(=O)COc1ccc(-c2nc(Nc3ccc4[nH]ncc4c3)n[nH]2)cc1. The maximum absolute atomic E-state index is 11.6. The number of ketones is 1. The molecule has 0 atom stereocenters. The number of nitrogens with one attached hydrogen (secondary N) is 3. The van der Waals surface area contributed by atoms with Crippen molar-refractivity contribution in [2.75, 3.05) is 23.9 Å². The van der Waals surface area contributed by atoms with Crippen molar-refractivity contribution in [3.8, 4) is 17.1 Å². The zero-order valence-electron chi connectivity index (χ0n) is 15.9. The average molecular weight is 426 g/mol. The standard InChI is InChI=1S/C19H18N6O4S/c1-30(27,28)11-15(26)10-29-16-5-2-12(3-6-16)18-22-19(25-24-18)21-14-4-7-17-13(8-14)9-20-23-17/h2-9H,10-11H2,1H3,(H,20,23)(H2,21,22,24,25). The first-order valence-electron chi connectivity index (χ1n) is 8.91. The van der Waals surface area contributed by atoms with Gasteiger partial charge < -0.3 is 10.1 Å². The third-order valence-electron chi connectivity index (χ3n) is 4.13. The van der Waals surface area contributed by atoms with E-state index in [4.69, 9.17) is 4.74 Å². The van der Waals surface area contributed by atoms with Crippen LogP contribution in [0.4, 0.5) is 11.6 Å². The normalized spacial score (nSPS) is 11.5. The lowest BCUT2D eigenvalue weighted by Gasteiger charge is -2.05. The van der Waals surface area contributed by atoms with Crippen molar-refractivity contribution < 1.29 is 17.9 Å². The van der Waals surface area contributed by atoms with E-state index in [-0.39, 0.29) is 6.61 Å². The lowest BCUT2D eigenvalue weighted by molar-refractivity contribution is -0.118. The third kappa shape index (κ3) is 4.81. The molecule has 0 bridgehead atoms. The second-order valence-corrected chi connectivity index (χ2v) is 8.87. The summed E-state index contributed by atoms with van der Waals surface area (Å²) in [4.78, 5) is 16.0. The van der Waals surface area contributed by atoms with Gasteiger partial charge >= 0.3 is 0 Å². The van der Waals surface area contributed by atoms with Gasteiger partial charge in [-0.05, 0) is 42.5 Å². The zero-order chi connectivity index (χ0) is 21.1. The number of rotatable bonds is 8. The van der Waals surface area contributed by atoms with E-state index in [2.05, 4.69) is 30.7 Å². The summed E-state index contributed by atoms with van der Waals surface area (Å²) in [5, 5.41) is 18.0. The molecule has 0 saturated carbocycles. The largest absolute Gasteiger partial charge is 0.486 e. The number of ether oxygens (including phenoxy) is 1. The number of H-pyrrole nitrogens is 2. The number of anilines is 2. The fourth-order valence-electron chi connectivity index (χ4n) is 2.80. The number of hydrogen-bond acceptors (Lipinski definition) is 8. The monoisotopic (exact) mass is 426 g/mol. The fraction of sp³-hybridized carbons (Fsp3) is 0.158. The van der Waals surface area contributed by atoms with Crippen LogP contribution in [-0.2, 0) is 14.6 Å². The van der Waals surface area contributed by atoms with Gasteiger partial charge in [-0.2, -0.15) is 10.1 Å². The Balaban J connectivity index is 1.39. The van der Waals surface area contributed by atoms with Gasteiger partial charge in [0.05, 0.1) is 11.7 Å². The lowest BCUT2D eigenvalue weighted by atomic mass is 10.2. The quantitative estimate of drug-likeness (QED) is 0.389. The number of fused-ring (bicyclic) bond motifs is 1. The molecule has 0 spiro atoms. The molecule has 11 heteroatoms. The third-order valence-corrected chi connectivity index (χ3v) is 4.98. The molecule has 154 valence electrons. The Morgan fingerprint density at radius 2 is 1.93 bits per heavy atom. The van der Waals surface area contributed by atoms with Gasteiger partial charge in [0.15, 0.2) is 21.4 Å². The highest BCUT2D eigenvalue weighted by molar-refractivity contribution is 7.91. The van der Waals surface area contributed by atoms with Gasteiger partial charge in [0, 0.05) is 22.9 Å². The first-order chi connectivity index (χ1) is 14.4. The predicted octanol–water partition coefficient (Wildman–Crippen LogP) is 2.08. The number of carbonyl (C=O) groups is 1. The number of hydrogen-bond donors (Lipinski definition) is 3. The van der Waals surface area contributed by atoms with Gasteiger partial charge in [-0.3, -0.25) is 15.0 Å². The number of aromatic amines is 2. The molecule has 2 heterocycles. The van der Waals surface area contributed by atoms with Crippen LogP contribution in [0.2, 0.25) is 0 Å². The van der Waals surface area contributed by atoms with Crippen LogP contribution < -0.4 is 10.1 Å². The predicted molar refractivity (Wildman–Crippen MR) is 111 cm³/mol. The first-order valence-corrected chi connectivity index (χ1v) is 11.0. The molecule has 0 radical (unpaired) electrons. The summed E-state index contributed by atoms with van der Waals surface area (Å²) in [5.74, 6) is 0.390. The molecule has 0 saturated heterocycles. The van der Waals surface area contributed by atoms with Gasteiger partial charge in [0.2, 0.25) is 5.95 Å². The molecule has 4 rings (SSSR count). The van der Waals surface area contributed by atoms with Crippen molar-refractivity contribution in [3.63, 3.8) is 0 Å². The van der Waals surface area contributed by atoms with E-state index < -0.39 is 21.4 Å². The molecule has 2 aromatic carbocycles. The molecule has 0 fully saturated rings. The topological polar surface area (TPSA) is 143 Å². The van der Waals surface area contributed by atoms with Crippen LogP contribution in [0.15, 0.2) is 48.7 Å². The van der Waals surface area contributed by atoms with Crippen LogP contribution in [-0.4, -0.2) is 58.2 Å². The van der Waals surface area contributed by atoms with Crippen LogP contribution >= 0.6 is 0 Å². The van der Waals surface area contributed by atoms with Crippen LogP contribution in [0, 0.1) is 0 Å². The fourth-order valence-corrected chi connectivity index (χ4v) is 3.47. The molecule has 4 aromatic rings. The van der Waals surface area contributed by atoms with Crippen molar-refractivity contribution >= 4 is 38.2 Å². The van der Waals surface area contributed by atoms with E-state index in [9.17, 15) is 13.2 Å². The number of sulfone groups is 1. The molecule has 30 heavy (non-hydrogen) atoms. The maximum Gasteiger partial charge on any atom is 0.246 e. The van der Waals surface area contributed by atoms with Gasteiger partial charge in [-0.1, -0.05) is 0 Å². The molecule has 0 aliphatic heterocycles. The summed E-state index contributed by atoms with van der Waals surface area (Å²) < 4.78 is 27.6. The number of Topliss-reactive ketones (excluding diaryl/α,β-unsaturated/α-hetero) is 1. The Labute approximate surface area is 171 Å². The molecular weight excluding hydrogens is 408 g/mol. The Bertz CT molecular complexity index is 1290. The van der Waals surface area contributed by atoms with Crippen molar-refractivity contribution in [2.24, 2.45) is 0 Å². The minimum Gasteiger partial charge on any atom is -0.486 e. The van der Waals surface area contributed by atoms with E-state index in [1.54, 1.807) is 30.5 Å². The molecule has 0 unspecified atom stereocenters. The number of carbonyl (C=O) groups excluding carboxylic acids is 1. The van der Waals surface area contributed by atoms with Crippen molar-refractivity contribution in [1.82, 2.24) is 25.4 Å². The molecule has 3 N–H and O–H groups in total. The summed E-state index contributed by atoms with van der Waals surface area (Å²) >= 11 is 0. The van der Waals surface area contributed by atoms with Crippen molar-refractivity contribution in [2.45, 2.75) is 0 Å². The van der Waals surface area contributed by atoms with Crippen molar-refractivity contribution in [3.05, 3.63) is 48.7 Å². The Morgan fingerprint density at radius 3 is 2.70 bits per heavy atom. The second kappa shape index (κ2) is 7.95. The van der Waals surface area contributed by atoms with Gasteiger partial charge in [-0.25, -0.2) is 8.42 Å². The number of benzene rings is 2. The highest BCUT2D eigenvalue weighted by Crippen LogP contribution is 2.23. The van der Waals surface area contributed by atoms with Crippen LogP contribution in [0.25, 0.3) is 22.3 Å². The van der Waals surface area contributed by atoms with Crippen LogP contribution in [0.3, 0.4) is 0 Å². The van der Waals surface area contributed by atoms with E-state index in [1.165, 1.54) is 0 Å². The molecule has 0 aliphatic carbocycles. The molecule has 2 aromatic heterocycles. The first kappa shape index (κ1) is 19.6. The van der Waals surface area contributed by atoms with E-state index in [0.29, 0.717) is 17.5 Å². The average Bonchev–Trinajstić information content (AvgIpc) is 3.34. The Kier molecular flexibility index (Phi) is 5.19. The maximum atomic E-state index is 11.6. The zero-order valence-corrected chi connectivity index (χ0v) is 16.7. The summed E-state index contributed by atoms with van der Waals surface area (Å²) in [6.45, 7) is -0.302. The summed E-state index contributed by atoms with van der Waals surface area (Å²) in [6, 6.07) is 12.6. The highest BCUT2D eigenvalue weighted by atomic mass is 32.2. The van der Waals surface area contributed by atoms with E-state index >= 15 is 0 Å². The van der Waals surface area contributed by atoms with Gasteiger partial charge in [0.25, 0.3) is 0 Å². The second-order valence-electron chi connectivity index (χ2n) is 6.73. The van der Waals surface area contributed by atoms with Gasteiger partial charge in [0.1, 0.15) is 18.1 Å². The molecular formula is C19H18N6O4S. The van der Waals surface area contributed by atoms with E-state index in [1.807, 2.05) is 18.2 Å². The highest BCUT2D eigenvalue weighted by Gasteiger charge is 2.12. The lowest BCUT2D eigenvalue weighted by Crippen LogP contribution is -2.20. The van der Waals surface area contributed by atoms with Crippen LogP contribution in [0.1, 0.15) is 0 Å². The smallest absolute Gasteiger partial charge is 0.246 e. The van der Waals surface area contributed by atoms with Crippen LogP contribution in [0.5, 0.6) is 5.75 Å². The van der Waals surface area contributed by atoms with Crippen molar-refractivity contribution in [1.29, 1.82) is 0 Å². The summed E-state index contributed by atoms with van der Waals surface area (Å²) in [5.41, 5.74) is 2.55. The number of aromatic nitrogens is 5. The summed E-state index contributed by atoms with van der Waals surface area (Å²) in [6.07, 6.45) is 2.75. The Hall–Kier alpha value is -3.73. The minimum absolute atomic E-state index is 0.302. The molecule has 0 aliphatic rings. The van der Waals surface area contributed by atoms with E-state index in [0.717, 1.165) is 28.4 Å². The molecule has 10 nitrogen and oxygen atoms in total. The Morgan fingerprint density at radius 1 is 1.13 bits per heavy atom. The number of nitrogens with zero attached hydrogens (tertiary/aromatic N) is 3. The summed E-state index contributed by atoms with van der Waals surface area (Å²) in [7, 11) is -3.36. The van der Waals surface area contributed by atoms with Gasteiger partial charge in [-0.15, -0.1) is 5.10 Å².